The Morgan fingerprint density at radius 1 is 1.28 bits per heavy atom. The largest absolute Gasteiger partial charge is 0.466 e. The number of carbonyl (C=O) groups is 2. The van der Waals surface area contributed by atoms with Gasteiger partial charge in [-0.2, -0.15) is 13.2 Å². The molecule has 1 aliphatic rings. The number of hydrogen-bond acceptors (Lipinski definition) is 4. The molecule has 0 unspecified atom stereocenters. The van der Waals surface area contributed by atoms with E-state index in [2.05, 4.69) is 5.32 Å². The molecule has 0 radical (unpaired) electrons. The smallest absolute Gasteiger partial charge is 0.416 e. The topological polar surface area (TPSA) is 58.6 Å². The fourth-order valence-corrected chi connectivity index (χ4v) is 2.80. The van der Waals surface area contributed by atoms with Crippen LogP contribution in [0.5, 0.6) is 0 Å². The number of piperidine rings is 1. The van der Waals surface area contributed by atoms with E-state index in [-0.39, 0.29) is 24.3 Å². The number of carbonyl (C=O) groups excluding carboxylic acids is 2. The highest BCUT2D eigenvalue weighted by atomic mass is 19.4. The molecule has 1 aliphatic heterocycles. The van der Waals surface area contributed by atoms with Crippen molar-refractivity contribution in [3.8, 4) is 0 Å². The third-order valence-corrected chi connectivity index (χ3v) is 3.99. The summed E-state index contributed by atoms with van der Waals surface area (Å²) in [5.74, 6) is -0.827. The first-order chi connectivity index (χ1) is 11.8. The standard InChI is InChI=1S/C17H21F3N2O3/c1-2-25-16(24)12-4-3-9-22(10-12)11-15(23)21-14-7-5-13(6-8-14)17(18,19)20/h5-8,12H,2-4,9-11H2,1H3,(H,21,23)/t12-/m1/s1. The normalized spacial score (nSPS) is 18.6. The van der Waals surface area contributed by atoms with E-state index in [0.717, 1.165) is 25.0 Å². The molecule has 0 aromatic heterocycles. The fourth-order valence-electron chi connectivity index (χ4n) is 2.80. The van der Waals surface area contributed by atoms with E-state index in [1.165, 1.54) is 12.1 Å². The number of rotatable bonds is 5. The maximum atomic E-state index is 12.5. The molecule has 1 saturated heterocycles. The SMILES string of the molecule is CCOC(=O)[C@@H]1CCCN(CC(=O)Nc2ccc(C(F)(F)F)cc2)C1. The van der Waals surface area contributed by atoms with E-state index >= 15 is 0 Å². The molecule has 25 heavy (non-hydrogen) atoms. The predicted octanol–water partition coefficient (Wildman–Crippen LogP) is 2.92. The molecule has 1 atom stereocenters. The molecule has 0 aliphatic carbocycles. The van der Waals surface area contributed by atoms with E-state index in [1.807, 2.05) is 4.90 Å². The van der Waals surface area contributed by atoms with Gasteiger partial charge in [-0.1, -0.05) is 0 Å². The minimum atomic E-state index is -4.40. The Morgan fingerprint density at radius 2 is 1.96 bits per heavy atom. The molecule has 1 fully saturated rings. The zero-order chi connectivity index (χ0) is 18.4. The van der Waals surface area contributed by atoms with Gasteiger partial charge in [0.2, 0.25) is 5.91 Å². The van der Waals surface area contributed by atoms with Crippen molar-refractivity contribution in [2.24, 2.45) is 5.92 Å². The average molecular weight is 358 g/mol. The zero-order valence-corrected chi connectivity index (χ0v) is 13.9. The quantitative estimate of drug-likeness (QED) is 0.823. The van der Waals surface area contributed by atoms with Crippen LogP contribution in [0.2, 0.25) is 0 Å². The maximum absolute atomic E-state index is 12.5. The lowest BCUT2D eigenvalue weighted by Crippen LogP contribution is -2.43. The molecule has 1 aromatic carbocycles. The number of likely N-dealkylation sites (tertiary alicyclic amines) is 1. The van der Waals surface area contributed by atoms with Crippen LogP contribution >= 0.6 is 0 Å². The van der Waals surface area contributed by atoms with Crippen molar-refractivity contribution in [3.63, 3.8) is 0 Å². The summed E-state index contributed by atoms with van der Waals surface area (Å²) in [6, 6.07) is 4.29. The second-order valence-corrected chi connectivity index (χ2v) is 5.95. The van der Waals surface area contributed by atoms with Gasteiger partial charge in [0.25, 0.3) is 0 Å². The zero-order valence-electron chi connectivity index (χ0n) is 13.9. The summed E-state index contributed by atoms with van der Waals surface area (Å²) in [6.45, 7) is 3.28. The molecule has 0 bridgehead atoms. The van der Waals surface area contributed by atoms with Crippen molar-refractivity contribution >= 4 is 17.6 Å². The number of esters is 1. The Kier molecular flexibility index (Phi) is 6.41. The third-order valence-electron chi connectivity index (χ3n) is 3.99. The Bertz CT molecular complexity index is 602. The summed E-state index contributed by atoms with van der Waals surface area (Å²) in [7, 11) is 0. The van der Waals surface area contributed by atoms with Crippen LogP contribution in [-0.4, -0.2) is 43.0 Å². The lowest BCUT2D eigenvalue weighted by Gasteiger charge is -2.30. The molecular formula is C17H21F3N2O3. The average Bonchev–Trinajstić information content (AvgIpc) is 2.55. The third kappa shape index (κ3) is 5.74. The van der Waals surface area contributed by atoms with E-state index in [0.29, 0.717) is 25.4 Å². The van der Waals surface area contributed by atoms with E-state index < -0.39 is 11.7 Å². The summed E-state index contributed by atoms with van der Waals surface area (Å²) >= 11 is 0. The van der Waals surface area contributed by atoms with Gasteiger partial charge < -0.3 is 10.1 Å². The number of anilines is 1. The number of benzene rings is 1. The van der Waals surface area contributed by atoms with Crippen LogP contribution in [0, 0.1) is 5.92 Å². The van der Waals surface area contributed by atoms with Crippen LogP contribution in [-0.2, 0) is 20.5 Å². The molecule has 1 aromatic rings. The van der Waals surface area contributed by atoms with Crippen LogP contribution in [0.15, 0.2) is 24.3 Å². The second kappa shape index (κ2) is 8.33. The summed E-state index contributed by atoms with van der Waals surface area (Å²) in [5, 5.41) is 2.57. The molecule has 8 heteroatoms. The van der Waals surface area contributed by atoms with Gasteiger partial charge in [-0.15, -0.1) is 0 Å². The molecule has 1 N–H and O–H groups in total. The van der Waals surface area contributed by atoms with Crippen LogP contribution in [0.1, 0.15) is 25.3 Å². The number of nitrogens with zero attached hydrogens (tertiary/aromatic N) is 1. The van der Waals surface area contributed by atoms with Crippen LogP contribution in [0.25, 0.3) is 0 Å². The summed E-state index contributed by atoms with van der Waals surface area (Å²) < 4.78 is 42.6. The molecule has 1 heterocycles. The first-order valence-corrected chi connectivity index (χ1v) is 8.15. The Labute approximate surface area is 144 Å². The molecule has 0 spiro atoms. The molecule has 1 amide bonds. The second-order valence-electron chi connectivity index (χ2n) is 5.95. The number of amides is 1. The van der Waals surface area contributed by atoms with Gasteiger partial charge in [0, 0.05) is 12.2 Å². The Morgan fingerprint density at radius 3 is 2.56 bits per heavy atom. The fraction of sp³-hybridized carbons (Fsp3) is 0.529. The number of ether oxygens (including phenoxy) is 1. The van der Waals surface area contributed by atoms with Gasteiger partial charge in [-0.05, 0) is 50.6 Å². The highest BCUT2D eigenvalue weighted by molar-refractivity contribution is 5.92. The lowest BCUT2D eigenvalue weighted by molar-refractivity contribution is -0.150. The van der Waals surface area contributed by atoms with Gasteiger partial charge in [0.05, 0.1) is 24.6 Å². The van der Waals surface area contributed by atoms with Gasteiger partial charge in [-0.25, -0.2) is 0 Å². The maximum Gasteiger partial charge on any atom is 0.416 e. The molecule has 0 saturated carbocycles. The van der Waals surface area contributed by atoms with E-state index in [1.54, 1.807) is 6.92 Å². The Balaban J connectivity index is 1.86. The van der Waals surface area contributed by atoms with Crippen molar-refractivity contribution in [1.29, 1.82) is 0 Å². The predicted molar refractivity (Wildman–Crippen MR) is 85.9 cm³/mol. The first-order valence-electron chi connectivity index (χ1n) is 8.15. The number of alkyl halides is 3. The van der Waals surface area contributed by atoms with E-state index in [9.17, 15) is 22.8 Å². The summed E-state index contributed by atoms with van der Waals surface area (Å²) in [6.07, 6.45) is -2.88. The summed E-state index contributed by atoms with van der Waals surface area (Å²) in [4.78, 5) is 25.7. The monoisotopic (exact) mass is 358 g/mol. The van der Waals surface area contributed by atoms with Crippen LogP contribution < -0.4 is 5.32 Å². The van der Waals surface area contributed by atoms with Gasteiger partial charge >= 0.3 is 12.1 Å². The minimum Gasteiger partial charge on any atom is -0.466 e. The lowest BCUT2D eigenvalue weighted by atomic mass is 9.98. The molecule has 2 rings (SSSR count). The first kappa shape index (κ1) is 19.2. The van der Waals surface area contributed by atoms with Gasteiger partial charge in [-0.3, -0.25) is 14.5 Å². The number of nitrogens with one attached hydrogen (secondary N) is 1. The van der Waals surface area contributed by atoms with Crippen LogP contribution in [0.4, 0.5) is 18.9 Å². The number of hydrogen-bond donors (Lipinski definition) is 1. The molecular weight excluding hydrogens is 337 g/mol. The van der Waals surface area contributed by atoms with Crippen molar-refractivity contribution in [2.45, 2.75) is 25.9 Å². The molecule has 138 valence electrons. The van der Waals surface area contributed by atoms with Crippen molar-refractivity contribution in [1.82, 2.24) is 4.90 Å². The summed E-state index contributed by atoms with van der Waals surface area (Å²) in [5.41, 5.74) is -0.462. The molecule has 5 nitrogen and oxygen atoms in total. The van der Waals surface area contributed by atoms with Gasteiger partial charge in [0.1, 0.15) is 0 Å². The van der Waals surface area contributed by atoms with Crippen molar-refractivity contribution < 1.29 is 27.5 Å². The van der Waals surface area contributed by atoms with Crippen molar-refractivity contribution in [3.05, 3.63) is 29.8 Å². The minimum absolute atomic E-state index is 0.0803. The van der Waals surface area contributed by atoms with Gasteiger partial charge in [0.15, 0.2) is 0 Å². The Hall–Kier alpha value is -2.09. The highest BCUT2D eigenvalue weighted by Crippen LogP contribution is 2.29. The van der Waals surface area contributed by atoms with Crippen molar-refractivity contribution in [2.75, 3.05) is 31.6 Å². The highest BCUT2D eigenvalue weighted by Gasteiger charge is 2.30. The number of halogens is 3. The van der Waals surface area contributed by atoms with E-state index in [4.69, 9.17) is 4.74 Å². The van der Waals surface area contributed by atoms with Crippen LogP contribution in [0.3, 0.4) is 0 Å².